The van der Waals surface area contributed by atoms with Crippen molar-refractivity contribution < 1.29 is 9.00 Å². The second-order valence-electron chi connectivity index (χ2n) is 4.33. The number of amides is 1. The lowest BCUT2D eigenvalue weighted by atomic mass is 10.1. The Bertz CT molecular complexity index is 229. The summed E-state index contributed by atoms with van der Waals surface area (Å²) in [5, 5.41) is 2.81. The van der Waals surface area contributed by atoms with Gasteiger partial charge in [-0.05, 0) is 19.8 Å². The Morgan fingerprint density at radius 3 is 2.27 bits per heavy atom. The molecule has 0 rings (SSSR count). The molecule has 0 aromatic carbocycles. The highest BCUT2D eigenvalue weighted by Crippen LogP contribution is 1.99. The Morgan fingerprint density at radius 1 is 1.33 bits per heavy atom. The molecule has 90 valence electrons. The van der Waals surface area contributed by atoms with Crippen molar-refractivity contribution in [3.8, 4) is 0 Å². The van der Waals surface area contributed by atoms with Gasteiger partial charge in [-0.3, -0.25) is 9.00 Å². The summed E-state index contributed by atoms with van der Waals surface area (Å²) in [4.78, 5) is 11.4. The monoisotopic (exact) mass is 234 g/mol. The van der Waals surface area contributed by atoms with E-state index in [1.54, 1.807) is 6.92 Å². The summed E-state index contributed by atoms with van der Waals surface area (Å²) in [6, 6.07) is -0.00837. The van der Waals surface area contributed by atoms with E-state index in [0.29, 0.717) is 11.7 Å². The van der Waals surface area contributed by atoms with E-state index in [9.17, 15) is 9.00 Å². The first-order chi connectivity index (χ1) is 6.82. The molecule has 3 atom stereocenters. The fourth-order valence-electron chi connectivity index (χ4n) is 0.961. The molecule has 0 bridgehead atoms. The van der Waals surface area contributed by atoms with Gasteiger partial charge in [-0.15, -0.1) is 0 Å². The number of hydrogen-bond acceptors (Lipinski definition) is 3. The molecule has 0 radical (unpaired) electrons. The maximum absolute atomic E-state index is 11.4. The lowest BCUT2D eigenvalue weighted by molar-refractivity contribution is -0.119. The second kappa shape index (κ2) is 6.95. The van der Waals surface area contributed by atoms with Gasteiger partial charge in [-0.1, -0.05) is 13.8 Å². The predicted molar refractivity (Wildman–Crippen MR) is 64.0 cm³/mol. The smallest absolute Gasteiger partial charge is 0.232 e. The van der Waals surface area contributed by atoms with Gasteiger partial charge >= 0.3 is 0 Å². The third kappa shape index (κ3) is 7.50. The zero-order valence-electron chi connectivity index (χ0n) is 9.95. The van der Waals surface area contributed by atoms with Gasteiger partial charge < -0.3 is 11.1 Å². The maximum Gasteiger partial charge on any atom is 0.232 e. The molecule has 0 aromatic rings. The molecule has 1 amide bonds. The van der Waals surface area contributed by atoms with Crippen molar-refractivity contribution in [2.24, 2.45) is 11.7 Å². The fourth-order valence-corrected chi connectivity index (χ4v) is 2.04. The lowest BCUT2D eigenvalue weighted by Crippen LogP contribution is -2.39. The lowest BCUT2D eigenvalue weighted by Gasteiger charge is -2.17. The van der Waals surface area contributed by atoms with Crippen LogP contribution in [0.4, 0.5) is 0 Å². The largest absolute Gasteiger partial charge is 0.353 e. The molecule has 0 saturated heterocycles. The van der Waals surface area contributed by atoms with Crippen molar-refractivity contribution in [1.82, 2.24) is 5.32 Å². The maximum atomic E-state index is 11.4. The molecule has 0 aliphatic heterocycles. The first-order valence-corrected chi connectivity index (χ1v) is 6.71. The second-order valence-corrected chi connectivity index (χ2v) is 5.83. The van der Waals surface area contributed by atoms with Crippen LogP contribution in [0.1, 0.15) is 27.7 Å². The summed E-state index contributed by atoms with van der Waals surface area (Å²) in [5.74, 6) is 0.660. The van der Waals surface area contributed by atoms with Gasteiger partial charge in [0.05, 0.1) is 0 Å². The predicted octanol–water partition coefficient (Wildman–Crippen LogP) is 0.243. The standard InChI is InChI=1S/C10H22N2O2S/c1-7(2)9(4)12-10(13)6-15(14)5-8(3)11/h7-9H,5-6,11H2,1-4H3,(H,12,13). The van der Waals surface area contributed by atoms with Gasteiger partial charge in [-0.25, -0.2) is 0 Å². The summed E-state index contributed by atoms with van der Waals surface area (Å²) >= 11 is 0. The van der Waals surface area contributed by atoms with E-state index in [2.05, 4.69) is 5.32 Å². The van der Waals surface area contributed by atoms with Crippen molar-refractivity contribution in [2.45, 2.75) is 39.8 Å². The molecule has 0 fully saturated rings. The van der Waals surface area contributed by atoms with Crippen LogP contribution in [-0.2, 0) is 15.6 Å². The van der Waals surface area contributed by atoms with E-state index in [-0.39, 0.29) is 23.7 Å². The Hall–Kier alpha value is -0.420. The van der Waals surface area contributed by atoms with E-state index in [0.717, 1.165) is 0 Å². The van der Waals surface area contributed by atoms with Crippen molar-refractivity contribution in [3.05, 3.63) is 0 Å². The summed E-state index contributed by atoms with van der Waals surface area (Å²) in [7, 11) is -1.15. The van der Waals surface area contributed by atoms with Crippen molar-refractivity contribution in [1.29, 1.82) is 0 Å². The molecule has 0 aliphatic carbocycles. The number of rotatable bonds is 6. The van der Waals surface area contributed by atoms with Gasteiger partial charge in [0.2, 0.25) is 5.91 Å². The third-order valence-corrected chi connectivity index (χ3v) is 3.61. The van der Waals surface area contributed by atoms with E-state index in [1.807, 2.05) is 20.8 Å². The molecule has 5 heteroatoms. The highest BCUT2D eigenvalue weighted by Gasteiger charge is 2.13. The minimum absolute atomic E-state index is 0.0542. The van der Waals surface area contributed by atoms with Crippen molar-refractivity contribution in [2.75, 3.05) is 11.5 Å². The van der Waals surface area contributed by atoms with Crippen LogP contribution >= 0.6 is 0 Å². The fraction of sp³-hybridized carbons (Fsp3) is 0.900. The quantitative estimate of drug-likeness (QED) is 0.691. The number of nitrogens with two attached hydrogens (primary N) is 1. The van der Waals surface area contributed by atoms with E-state index in [4.69, 9.17) is 5.73 Å². The normalized spacial score (nSPS) is 17.2. The van der Waals surface area contributed by atoms with Crippen LogP contribution in [0.3, 0.4) is 0 Å². The van der Waals surface area contributed by atoms with Gasteiger partial charge in [0.25, 0.3) is 0 Å². The van der Waals surface area contributed by atoms with Crippen LogP contribution in [0.15, 0.2) is 0 Å². The van der Waals surface area contributed by atoms with E-state index < -0.39 is 10.8 Å². The van der Waals surface area contributed by atoms with Crippen LogP contribution in [0.25, 0.3) is 0 Å². The topological polar surface area (TPSA) is 72.2 Å². The van der Waals surface area contributed by atoms with Crippen LogP contribution in [-0.4, -0.2) is 33.7 Å². The molecule has 0 heterocycles. The molecular weight excluding hydrogens is 212 g/mol. The molecule has 0 aromatic heterocycles. The summed E-state index contributed by atoms with van der Waals surface area (Å²) in [6.07, 6.45) is 0. The molecule has 4 nitrogen and oxygen atoms in total. The minimum Gasteiger partial charge on any atom is -0.353 e. The Balaban J connectivity index is 3.88. The molecule has 0 aliphatic rings. The van der Waals surface area contributed by atoms with Gasteiger partial charge in [-0.2, -0.15) is 0 Å². The average Bonchev–Trinajstić information content (AvgIpc) is 2.00. The minimum atomic E-state index is -1.15. The number of nitrogens with one attached hydrogen (secondary N) is 1. The number of hydrogen-bond donors (Lipinski definition) is 2. The SMILES string of the molecule is CC(N)CS(=O)CC(=O)NC(C)C(C)C. The molecule has 0 saturated carbocycles. The van der Waals surface area contributed by atoms with Gasteiger partial charge in [0.1, 0.15) is 5.75 Å². The van der Waals surface area contributed by atoms with Crippen LogP contribution in [0, 0.1) is 5.92 Å². The third-order valence-electron chi connectivity index (χ3n) is 2.13. The zero-order chi connectivity index (χ0) is 12.0. The van der Waals surface area contributed by atoms with E-state index >= 15 is 0 Å². The first kappa shape index (κ1) is 14.6. The average molecular weight is 234 g/mol. The van der Waals surface area contributed by atoms with Crippen molar-refractivity contribution in [3.63, 3.8) is 0 Å². The summed E-state index contributed by atoms with van der Waals surface area (Å²) < 4.78 is 11.4. The first-order valence-electron chi connectivity index (χ1n) is 5.22. The summed E-state index contributed by atoms with van der Waals surface area (Å²) in [5.41, 5.74) is 5.49. The summed E-state index contributed by atoms with van der Waals surface area (Å²) in [6.45, 7) is 7.79. The molecule has 15 heavy (non-hydrogen) atoms. The highest BCUT2D eigenvalue weighted by molar-refractivity contribution is 7.85. The van der Waals surface area contributed by atoms with Gasteiger partial charge in [0, 0.05) is 28.6 Å². The Kier molecular flexibility index (Phi) is 6.76. The molecule has 0 spiro atoms. The number of carbonyl (C=O) groups excluding carboxylic acids is 1. The zero-order valence-corrected chi connectivity index (χ0v) is 10.8. The molecule has 3 unspecified atom stereocenters. The number of carbonyl (C=O) groups is 1. The van der Waals surface area contributed by atoms with Gasteiger partial charge in [0.15, 0.2) is 0 Å². The Labute approximate surface area is 94.4 Å². The van der Waals surface area contributed by atoms with E-state index in [1.165, 1.54) is 0 Å². The van der Waals surface area contributed by atoms with Crippen LogP contribution < -0.4 is 11.1 Å². The Morgan fingerprint density at radius 2 is 1.87 bits per heavy atom. The van der Waals surface area contributed by atoms with Crippen LogP contribution in [0.5, 0.6) is 0 Å². The molecule has 3 N–H and O–H groups in total. The highest BCUT2D eigenvalue weighted by atomic mass is 32.2. The van der Waals surface area contributed by atoms with Crippen LogP contribution in [0.2, 0.25) is 0 Å². The van der Waals surface area contributed by atoms with Crippen molar-refractivity contribution >= 4 is 16.7 Å². The molecular formula is C10H22N2O2S.